The minimum absolute atomic E-state index is 0.216. The molecule has 1 saturated heterocycles. The van der Waals surface area contributed by atoms with E-state index >= 15 is 0 Å². The second-order valence-corrected chi connectivity index (χ2v) is 5.97. The number of thiazole rings is 1. The molecule has 1 atom stereocenters. The SMILES string of the molecule is CC(C)c1csc(CN2CCC[C@H](C#N)C2)n1. The van der Waals surface area contributed by atoms with Crippen molar-refractivity contribution in [1.29, 1.82) is 5.26 Å². The normalized spacial score (nSPS) is 21.6. The highest BCUT2D eigenvalue weighted by molar-refractivity contribution is 7.09. The van der Waals surface area contributed by atoms with Gasteiger partial charge in [-0.15, -0.1) is 11.3 Å². The Morgan fingerprint density at radius 2 is 2.47 bits per heavy atom. The van der Waals surface area contributed by atoms with Gasteiger partial charge in [0.2, 0.25) is 0 Å². The second-order valence-electron chi connectivity index (χ2n) is 5.02. The zero-order valence-electron chi connectivity index (χ0n) is 10.5. The number of nitriles is 1. The molecule has 3 nitrogen and oxygen atoms in total. The van der Waals surface area contributed by atoms with Crippen molar-refractivity contribution < 1.29 is 0 Å². The zero-order valence-corrected chi connectivity index (χ0v) is 11.3. The lowest BCUT2D eigenvalue weighted by atomic mass is 10.00. The van der Waals surface area contributed by atoms with Gasteiger partial charge in [0.1, 0.15) is 5.01 Å². The molecule has 1 aliphatic heterocycles. The zero-order chi connectivity index (χ0) is 12.3. The lowest BCUT2D eigenvalue weighted by molar-refractivity contribution is 0.192. The molecule has 0 N–H and O–H groups in total. The molecule has 2 heterocycles. The molecule has 17 heavy (non-hydrogen) atoms. The van der Waals surface area contributed by atoms with Crippen LogP contribution in [0.1, 0.15) is 43.3 Å². The van der Waals surface area contributed by atoms with Crippen LogP contribution in [0.4, 0.5) is 0 Å². The van der Waals surface area contributed by atoms with Crippen molar-refractivity contribution in [2.24, 2.45) is 5.92 Å². The van der Waals surface area contributed by atoms with Crippen LogP contribution in [0.15, 0.2) is 5.38 Å². The first kappa shape index (κ1) is 12.5. The molecule has 0 saturated carbocycles. The van der Waals surface area contributed by atoms with Gasteiger partial charge < -0.3 is 0 Å². The van der Waals surface area contributed by atoms with Crippen LogP contribution >= 0.6 is 11.3 Å². The summed E-state index contributed by atoms with van der Waals surface area (Å²) in [7, 11) is 0. The predicted octanol–water partition coefficient (Wildman–Crippen LogP) is 3.00. The van der Waals surface area contributed by atoms with Crippen LogP contribution in [0.25, 0.3) is 0 Å². The van der Waals surface area contributed by atoms with Crippen LogP contribution in [0.2, 0.25) is 0 Å². The highest BCUT2D eigenvalue weighted by atomic mass is 32.1. The summed E-state index contributed by atoms with van der Waals surface area (Å²) in [5.74, 6) is 0.724. The smallest absolute Gasteiger partial charge is 0.107 e. The third-order valence-electron chi connectivity index (χ3n) is 3.21. The van der Waals surface area contributed by atoms with Crippen molar-refractivity contribution in [2.75, 3.05) is 13.1 Å². The summed E-state index contributed by atoms with van der Waals surface area (Å²) in [6, 6.07) is 2.38. The summed E-state index contributed by atoms with van der Waals surface area (Å²) in [5, 5.41) is 12.3. The van der Waals surface area contributed by atoms with Gasteiger partial charge in [0.15, 0.2) is 0 Å². The summed E-state index contributed by atoms with van der Waals surface area (Å²) >= 11 is 1.74. The molecule has 0 amide bonds. The molecule has 1 aliphatic rings. The number of hydrogen-bond acceptors (Lipinski definition) is 4. The molecular weight excluding hydrogens is 230 g/mol. The van der Waals surface area contributed by atoms with Gasteiger partial charge in [-0.1, -0.05) is 13.8 Å². The van der Waals surface area contributed by atoms with Crippen LogP contribution in [0.3, 0.4) is 0 Å². The maximum atomic E-state index is 8.96. The van der Waals surface area contributed by atoms with Crippen LogP contribution in [-0.2, 0) is 6.54 Å². The van der Waals surface area contributed by atoms with E-state index in [9.17, 15) is 0 Å². The molecule has 0 spiro atoms. The Morgan fingerprint density at radius 1 is 1.65 bits per heavy atom. The Morgan fingerprint density at radius 3 is 3.12 bits per heavy atom. The van der Waals surface area contributed by atoms with Crippen molar-refractivity contribution in [3.63, 3.8) is 0 Å². The van der Waals surface area contributed by atoms with Gasteiger partial charge in [-0.3, -0.25) is 4.90 Å². The largest absolute Gasteiger partial charge is 0.295 e. The Bertz CT molecular complexity index is 405. The number of aromatic nitrogens is 1. The van der Waals surface area contributed by atoms with E-state index in [1.54, 1.807) is 11.3 Å². The average Bonchev–Trinajstić information content (AvgIpc) is 2.78. The van der Waals surface area contributed by atoms with E-state index in [0.717, 1.165) is 32.5 Å². The highest BCUT2D eigenvalue weighted by Gasteiger charge is 2.20. The Balaban J connectivity index is 1.93. The maximum Gasteiger partial charge on any atom is 0.107 e. The van der Waals surface area contributed by atoms with Crippen molar-refractivity contribution >= 4 is 11.3 Å². The average molecular weight is 249 g/mol. The Labute approximate surface area is 107 Å². The summed E-state index contributed by atoms with van der Waals surface area (Å²) in [6.45, 7) is 7.27. The summed E-state index contributed by atoms with van der Waals surface area (Å²) < 4.78 is 0. The minimum atomic E-state index is 0.216. The number of nitrogens with zero attached hydrogens (tertiary/aromatic N) is 3. The minimum Gasteiger partial charge on any atom is -0.295 e. The van der Waals surface area contributed by atoms with E-state index < -0.39 is 0 Å². The third kappa shape index (κ3) is 3.27. The number of piperidine rings is 1. The molecule has 0 aromatic carbocycles. The van der Waals surface area contributed by atoms with E-state index in [2.05, 4.69) is 35.2 Å². The lowest BCUT2D eigenvalue weighted by Crippen LogP contribution is -2.34. The molecule has 0 radical (unpaired) electrons. The van der Waals surface area contributed by atoms with Crippen molar-refractivity contribution in [3.8, 4) is 6.07 Å². The molecule has 0 aliphatic carbocycles. The standard InChI is InChI=1S/C13H19N3S/c1-10(2)12-9-17-13(15-12)8-16-5-3-4-11(6-14)7-16/h9-11H,3-5,7-8H2,1-2H3/t11-/m1/s1. The van der Waals surface area contributed by atoms with E-state index in [1.165, 1.54) is 10.7 Å². The van der Waals surface area contributed by atoms with Crippen LogP contribution in [0.5, 0.6) is 0 Å². The number of likely N-dealkylation sites (tertiary alicyclic amines) is 1. The summed E-state index contributed by atoms with van der Waals surface area (Å²) in [5.41, 5.74) is 1.19. The molecule has 4 heteroatoms. The third-order valence-corrected chi connectivity index (χ3v) is 4.06. The van der Waals surface area contributed by atoms with Gasteiger partial charge in [-0.2, -0.15) is 5.26 Å². The predicted molar refractivity (Wildman–Crippen MR) is 69.8 cm³/mol. The van der Waals surface area contributed by atoms with Gasteiger partial charge in [0, 0.05) is 11.9 Å². The van der Waals surface area contributed by atoms with E-state index in [0.29, 0.717) is 5.92 Å². The molecule has 0 unspecified atom stereocenters. The van der Waals surface area contributed by atoms with Gasteiger partial charge in [0.05, 0.1) is 24.2 Å². The topological polar surface area (TPSA) is 39.9 Å². The number of rotatable bonds is 3. The van der Waals surface area contributed by atoms with Crippen molar-refractivity contribution in [3.05, 3.63) is 16.1 Å². The van der Waals surface area contributed by atoms with Gasteiger partial charge in [-0.05, 0) is 25.3 Å². The number of hydrogen-bond donors (Lipinski definition) is 0. The first-order chi connectivity index (χ1) is 8.19. The Kier molecular flexibility index (Phi) is 4.14. The Hall–Kier alpha value is -0.920. The molecule has 2 rings (SSSR count). The van der Waals surface area contributed by atoms with Crippen molar-refractivity contribution in [2.45, 2.75) is 39.2 Å². The lowest BCUT2D eigenvalue weighted by Gasteiger charge is -2.28. The fourth-order valence-corrected chi connectivity index (χ4v) is 3.16. The molecular formula is C13H19N3S. The first-order valence-corrected chi connectivity index (χ1v) is 7.13. The molecule has 1 aromatic rings. The summed E-state index contributed by atoms with van der Waals surface area (Å²) in [4.78, 5) is 7.01. The van der Waals surface area contributed by atoms with E-state index in [4.69, 9.17) is 5.26 Å². The first-order valence-electron chi connectivity index (χ1n) is 6.25. The molecule has 1 fully saturated rings. The molecule has 0 bridgehead atoms. The second kappa shape index (κ2) is 5.61. The molecule has 1 aromatic heterocycles. The van der Waals surface area contributed by atoms with Crippen LogP contribution in [-0.4, -0.2) is 23.0 Å². The van der Waals surface area contributed by atoms with Crippen molar-refractivity contribution in [1.82, 2.24) is 9.88 Å². The summed E-state index contributed by atoms with van der Waals surface area (Å²) in [6.07, 6.45) is 2.20. The van der Waals surface area contributed by atoms with Gasteiger partial charge >= 0.3 is 0 Å². The maximum absolute atomic E-state index is 8.96. The van der Waals surface area contributed by atoms with Crippen LogP contribution < -0.4 is 0 Å². The fraction of sp³-hybridized carbons (Fsp3) is 0.692. The van der Waals surface area contributed by atoms with E-state index in [1.807, 2.05) is 0 Å². The quantitative estimate of drug-likeness (QED) is 0.826. The molecule has 92 valence electrons. The monoisotopic (exact) mass is 249 g/mol. The fourth-order valence-electron chi connectivity index (χ4n) is 2.16. The van der Waals surface area contributed by atoms with Crippen LogP contribution in [0, 0.1) is 17.2 Å². The highest BCUT2D eigenvalue weighted by Crippen LogP contribution is 2.22. The van der Waals surface area contributed by atoms with Gasteiger partial charge in [0.25, 0.3) is 0 Å². The van der Waals surface area contributed by atoms with E-state index in [-0.39, 0.29) is 5.92 Å². The van der Waals surface area contributed by atoms with Gasteiger partial charge in [-0.25, -0.2) is 4.98 Å².